The van der Waals surface area contributed by atoms with Gasteiger partial charge in [0.15, 0.2) is 0 Å². The van der Waals surface area contributed by atoms with Crippen molar-refractivity contribution in [1.82, 2.24) is 15.3 Å². The van der Waals surface area contributed by atoms with Crippen molar-refractivity contribution in [2.75, 3.05) is 13.1 Å². The molecular formula is C14H25BrN4. The lowest BCUT2D eigenvalue weighted by Gasteiger charge is -2.43. The zero-order valence-electron chi connectivity index (χ0n) is 12.3. The van der Waals surface area contributed by atoms with E-state index in [4.69, 9.17) is 5.84 Å². The van der Waals surface area contributed by atoms with Gasteiger partial charge in [0.25, 0.3) is 0 Å². The molecule has 0 spiro atoms. The Kier molecular flexibility index (Phi) is 6.39. The molecule has 0 saturated heterocycles. The van der Waals surface area contributed by atoms with E-state index >= 15 is 0 Å². The van der Waals surface area contributed by atoms with Gasteiger partial charge in [0.2, 0.25) is 0 Å². The van der Waals surface area contributed by atoms with Gasteiger partial charge in [-0.2, -0.15) is 0 Å². The molecule has 3 N–H and O–H groups in total. The summed E-state index contributed by atoms with van der Waals surface area (Å²) in [4.78, 5) is 6.84. The summed E-state index contributed by atoms with van der Waals surface area (Å²) >= 11 is 3.40. The highest BCUT2D eigenvalue weighted by Gasteiger charge is 2.33. The molecule has 1 atom stereocenters. The van der Waals surface area contributed by atoms with E-state index in [1.54, 1.807) is 0 Å². The summed E-state index contributed by atoms with van der Waals surface area (Å²) in [7, 11) is 0. The molecule has 0 aliphatic carbocycles. The molecule has 0 fully saturated rings. The maximum Gasteiger partial charge on any atom is 0.0444 e. The minimum Gasteiger partial charge on any atom is -0.297 e. The monoisotopic (exact) mass is 328 g/mol. The van der Waals surface area contributed by atoms with Crippen LogP contribution in [0.2, 0.25) is 0 Å². The first kappa shape index (κ1) is 16.6. The molecule has 1 rings (SSSR count). The van der Waals surface area contributed by atoms with Crippen LogP contribution in [0.25, 0.3) is 0 Å². The molecule has 1 heterocycles. The number of hydrogen-bond donors (Lipinski definition) is 2. The van der Waals surface area contributed by atoms with Gasteiger partial charge in [-0.1, -0.05) is 13.8 Å². The van der Waals surface area contributed by atoms with E-state index in [2.05, 4.69) is 58.9 Å². The molecule has 0 aliphatic rings. The Bertz CT molecular complexity index is 374. The van der Waals surface area contributed by atoms with Crippen molar-refractivity contribution in [3.8, 4) is 0 Å². The van der Waals surface area contributed by atoms with Gasteiger partial charge in [0.1, 0.15) is 0 Å². The second-order valence-electron chi connectivity index (χ2n) is 5.22. The highest BCUT2D eigenvalue weighted by atomic mass is 79.9. The summed E-state index contributed by atoms with van der Waals surface area (Å²) in [5.41, 5.74) is 3.99. The molecule has 108 valence electrons. The molecule has 1 unspecified atom stereocenters. The molecule has 4 nitrogen and oxygen atoms in total. The number of nitrogens with one attached hydrogen (secondary N) is 1. The van der Waals surface area contributed by atoms with Crippen LogP contribution in [0.5, 0.6) is 0 Å². The molecule has 1 aromatic heterocycles. The van der Waals surface area contributed by atoms with Gasteiger partial charge in [-0.15, -0.1) is 0 Å². The first-order valence-corrected chi connectivity index (χ1v) is 7.56. The van der Waals surface area contributed by atoms with Crippen LogP contribution in [0.3, 0.4) is 0 Å². The zero-order valence-corrected chi connectivity index (χ0v) is 13.9. The van der Waals surface area contributed by atoms with Gasteiger partial charge in [0, 0.05) is 34.4 Å². The third-order valence-electron chi connectivity index (χ3n) is 3.83. The van der Waals surface area contributed by atoms with Gasteiger partial charge >= 0.3 is 0 Å². The Morgan fingerprint density at radius 3 is 2.42 bits per heavy atom. The van der Waals surface area contributed by atoms with Crippen LogP contribution in [-0.2, 0) is 6.42 Å². The molecule has 0 bridgehead atoms. The first-order chi connectivity index (χ1) is 8.95. The standard InChI is InChI=1S/C14H25BrN4/c1-5-19(6-2)14(3,4)13(18-16)9-12-8-7-11(15)10-17-12/h7-8,10,13,18H,5-6,9,16H2,1-4H3. The summed E-state index contributed by atoms with van der Waals surface area (Å²) in [6.07, 6.45) is 2.64. The fourth-order valence-corrected chi connectivity index (χ4v) is 2.74. The predicted octanol–water partition coefficient (Wildman–Crippen LogP) is 2.34. The topological polar surface area (TPSA) is 54.2 Å². The minimum atomic E-state index is -0.0208. The van der Waals surface area contributed by atoms with Crippen LogP contribution in [0, 0.1) is 0 Å². The molecule has 0 saturated carbocycles. The summed E-state index contributed by atoms with van der Waals surface area (Å²) in [5, 5.41) is 0. The average Bonchev–Trinajstić information content (AvgIpc) is 2.38. The van der Waals surface area contributed by atoms with Gasteiger partial charge in [0.05, 0.1) is 0 Å². The second kappa shape index (κ2) is 7.33. The largest absolute Gasteiger partial charge is 0.297 e. The Labute approximate surface area is 124 Å². The van der Waals surface area contributed by atoms with Crippen LogP contribution < -0.4 is 11.3 Å². The molecule has 0 radical (unpaired) electrons. The Balaban J connectivity index is 2.84. The van der Waals surface area contributed by atoms with Crippen molar-refractivity contribution < 1.29 is 0 Å². The molecule has 5 heteroatoms. The van der Waals surface area contributed by atoms with Gasteiger partial charge in [-0.25, -0.2) is 0 Å². The lowest BCUT2D eigenvalue weighted by molar-refractivity contribution is 0.0908. The number of nitrogens with two attached hydrogens (primary N) is 1. The maximum absolute atomic E-state index is 5.77. The van der Waals surface area contributed by atoms with E-state index in [1.807, 2.05) is 18.3 Å². The molecule has 0 aromatic carbocycles. The number of likely N-dealkylation sites (N-methyl/N-ethyl adjacent to an activating group) is 1. The van der Waals surface area contributed by atoms with Crippen molar-refractivity contribution in [2.24, 2.45) is 5.84 Å². The lowest BCUT2D eigenvalue weighted by atomic mass is 9.89. The van der Waals surface area contributed by atoms with Gasteiger partial charge in [-0.05, 0) is 55.0 Å². The number of aromatic nitrogens is 1. The summed E-state index contributed by atoms with van der Waals surface area (Å²) in [6, 6.07) is 4.20. The Morgan fingerprint density at radius 2 is 2.00 bits per heavy atom. The van der Waals surface area contributed by atoms with Crippen molar-refractivity contribution >= 4 is 15.9 Å². The number of nitrogens with zero attached hydrogens (tertiary/aromatic N) is 2. The molecule has 0 aliphatic heterocycles. The summed E-state index contributed by atoms with van der Waals surface area (Å²) < 4.78 is 0.997. The summed E-state index contributed by atoms with van der Waals surface area (Å²) in [6.45, 7) is 10.8. The minimum absolute atomic E-state index is 0.0208. The van der Waals surface area contributed by atoms with E-state index in [9.17, 15) is 0 Å². The number of pyridine rings is 1. The highest BCUT2D eigenvalue weighted by molar-refractivity contribution is 9.10. The van der Waals surface area contributed by atoms with E-state index in [0.717, 1.165) is 29.7 Å². The number of rotatable bonds is 7. The van der Waals surface area contributed by atoms with Crippen LogP contribution in [-0.4, -0.2) is 34.6 Å². The predicted molar refractivity (Wildman–Crippen MR) is 83.8 cm³/mol. The van der Waals surface area contributed by atoms with E-state index < -0.39 is 0 Å². The molecular weight excluding hydrogens is 304 g/mol. The van der Waals surface area contributed by atoms with E-state index in [1.165, 1.54) is 0 Å². The molecule has 1 aromatic rings. The second-order valence-corrected chi connectivity index (χ2v) is 6.13. The number of halogens is 1. The van der Waals surface area contributed by atoms with E-state index in [-0.39, 0.29) is 11.6 Å². The fourth-order valence-electron chi connectivity index (χ4n) is 2.51. The van der Waals surface area contributed by atoms with Crippen LogP contribution in [0.1, 0.15) is 33.4 Å². The SMILES string of the molecule is CCN(CC)C(C)(C)C(Cc1ccc(Br)cn1)NN. The number of hydrogen-bond acceptors (Lipinski definition) is 4. The zero-order chi connectivity index (χ0) is 14.5. The quantitative estimate of drug-likeness (QED) is 0.596. The van der Waals surface area contributed by atoms with Crippen molar-refractivity contribution in [1.29, 1.82) is 0 Å². The lowest BCUT2D eigenvalue weighted by Crippen LogP contribution is -2.60. The third-order valence-corrected chi connectivity index (χ3v) is 4.30. The van der Waals surface area contributed by atoms with Crippen LogP contribution >= 0.6 is 15.9 Å². The normalized spacial score (nSPS) is 13.8. The van der Waals surface area contributed by atoms with Crippen molar-refractivity contribution in [2.45, 2.75) is 45.7 Å². The fraction of sp³-hybridized carbons (Fsp3) is 0.643. The number of hydrazine groups is 1. The van der Waals surface area contributed by atoms with Gasteiger partial charge < -0.3 is 0 Å². The van der Waals surface area contributed by atoms with E-state index in [0.29, 0.717) is 0 Å². The van der Waals surface area contributed by atoms with Gasteiger partial charge in [-0.3, -0.25) is 21.2 Å². The van der Waals surface area contributed by atoms with Crippen LogP contribution in [0.15, 0.2) is 22.8 Å². The highest BCUT2D eigenvalue weighted by Crippen LogP contribution is 2.21. The Morgan fingerprint density at radius 1 is 1.37 bits per heavy atom. The van der Waals surface area contributed by atoms with Crippen molar-refractivity contribution in [3.05, 3.63) is 28.5 Å². The first-order valence-electron chi connectivity index (χ1n) is 6.77. The Hall–Kier alpha value is -0.490. The third kappa shape index (κ3) is 4.24. The summed E-state index contributed by atoms with van der Waals surface area (Å²) in [5.74, 6) is 5.77. The smallest absolute Gasteiger partial charge is 0.0444 e. The average molecular weight is 329 g/mol. The van der Waals surface area contributed by atoms with Crippen molar-refractivity contribution in [3.63, 3.8) is 0 Å². The molecule has 19 heavy (non-hydrogen) atoms. The maximum atomic E-state index is 5.77. The van der Waals surface area contributed by atoms with Crippen LogP contribution in [0.4, 0.5) is 0 Å². The molecule has 0 amide bonds.